The first-order chi connectivity index (χ1) is 11.4. The monoisotopic (exact) mass is 351 g/mol. The summed E-state index contributed by atoms with van der Waals surface area (Å²) in [6.45, 7) is 4.81. The lowest BCUT2D eigenvalue weighted by atomic mass is 10.1. The number of nitrogens with zero attached hydrogens (tertiary/aromatic N) is 1. The van der Waals surface area contributed by atoms with E-state index in [-0.39, 0.29) is 19.0 Å². The van der Waals surface area contributed by atoms with Crippen molar-refractivity contribution >= 4 is 34.4 Å². The van der Waals surface area contributed by atoms with Crippen LogP contribution in [0.4, 0.5) is 0 Å². The number of fused-ring (bicyclic) bond motifs is 1. The fraction of sp³-hybridized carbons (Fsp3) is 0.353. The lowest BCUT2D eigenvalue weighted by Gasteiger charge is -2.26. The molecule has 0 aliphatic carbocycles. The molecule has 0 bridgehead atoms. The number of carbonyl (C=O) groups is 2. The second-order valence-electron chi connectivity index (χ2n) is 5.02. The van der Waals surface area contributed by atoms with Crippen LogP contribution in [0.15, 0.2) is 30.5 Å². The Hall–Kier alpha value is -2.34. The third kappa shape index (κ3) is 3.43. The van der Waals surface area contributed by atoms with Crippen LogP contribution < -0.4 is 4.74 Å². The molecule has 0 amide bonds. The Labute approximate surface area is 144 Å². The van der Waals surface area contributed by atoms with Crippen LogP contribution in [0.3, 0.4) is 0 Å². The zero-order valence-electron chi connectivity index (χ0n) is 13.7. The average molecular weight is 352 g/mol. The first-order valence-corrected chi connectivity index (χ1v) is 7.88. The number of carbonyl (C=O) groups excluding carboxylic acids is 2. The Kier molecular flexibility index (Phi) is 5.62. The van der Waals surface area contributed by atoms with Gasteiger partial charge in [-0.05, 0) is 45.0 Å². The van der Waals surface area contributed by atoms with E-state index in [9.17, 15) is 9.59 Å². The molecular formula is C17H18ClNO5. The summed E-state index contributed by atoms with van der Waals surface area (Å²) in [5.41, 5.74) is -1.51. The maximum atomic E-state index is 12.3. The van der Waals surface area contributed by atoms with Gasteiger partial charge >= 0.3 is 11.9 Å². The summed E-state index contributed by atoms with van der Waals surface area (Å²) in [5, 5.41) is 1.13. The van der Waals surface area contributed by atoms with Gasteiger partial charge in [0.1, 0.15) is 11.3 Å². The van der Waals surface area contributed by atoms with Gasteiger partial charge in [-0.25, -0.2) is 9.59 Å². The Morgan fingerprint density at radius 1 is 1.12 bits per heavy atom. The van der Waals surface area contributed by atoms with Gasteiger partial charge in [-0.2, -0.15) is 0 Å². The van der Waals surface area contributed by atoms with E-state index in [0.717, 1.165) is 0 Å². The topological polar surface area (TPSA) is 74.7 Å². The van der Waals surface area contributed by atoms with E-state index < -0.39 is 17.5 Å². The van der Waals surface area contributed by atoms with Crippen molar-refractivity contribution in [3.8, 4) is 5.75 Å². The molecule has 0 radical (unpaired) electrons. The molecule has 0 saturated heterocycles. The third-order valence-corrected chi connectivity index (χ3v) is 3.65. The van der Waals surface area contributed by atoms with Crippen molar-refractivity contribution in [3.63, 3.8) is 0 Å². The van der Waals surface area contributed by atoms with Gasteiger partial charge in [0.15, 0.2) is 0 Å². The first-order valence-electron chi connectivity index (χ1n) is 7.50. The highest BCUT2D eigenvalue weighted by Crippen LogP contribution is 2.32. The average Bonchev–Trinajstić information content (AvgIpc) is 2.58. The quantitative estimate of drug-likeness (QED) is 0.588. The van der Waals surface area contributed by atoms with Crippen molar-refractivity contribution in [2.75, 3.05) is 13.2 Å². The molecule has 7 heteroatoms. The van der Waals surface area contributed by atoms with E-state index >= 15 is 0 Å². The van der Waals surface area contributed by atoms with E-state index in [4.69, 9.17) is 25.8 Å². The molecule has 24 heavy (non-hydrogen) atoms. The smallest absolute Gasteiger partial charge is 0.362 e. The van der Waals surface area contributed by atoms with Crippen molar-refractivity contribution < 1.29 is 23.8 Å². The summed E-state index contributed by atoms with van der Waals surface area (Å²) < 4.78 is 15.7. The minimum Gasteiger partial charge on any atom is -0.463 e. The number of hydrogen-bond donors (Lipinski definition) is 0. The van der Waals surface area contributed by atoms with Crippen LogP contribution in [0.2, 0.25) is 5.02 Å². The maximum Gasteiger partial charge on any atom is 0.362 e. The predicted octanol–water partition coefficient (Wildman–Crippen LogP) is 3.15. The highest BCUT2D eigenvalue weighted by atomic mass is 35.5. The summed E-state index contributed by atoms with van der Waals surface area (Å²) in [5.74, 6) is -1.43. The zero-order valence-corrected chi connectivity index (χ0v) is 14.4. The fourth-order valence-electron chi connectivity index (χ4n) is 2.12. The number of aromatic nitrogens is 1. The first kappa shape index (κ1) is 18.0. The van der Waals surface area contributed by atoms with Crippen LogP contribution >= 0.6 is 11.6 Å². The molecule has 0 spiro atoms. The van der Waals surface area contributed by atoms with Gasteiger partial charge in [-0.15, -0.1) is 0 Å². The molecule has 6 nitrogen and oxygen atoms in total. The molecule has 2 rings (SSSR count). The number of esters is 2. The van der Waals surface area contributed by atoms with Gasteiger partial charge in [-0.1, -0.05) is 11.6 Å². The number of benzene rings is 1. The predicted molar refractivity (Wildman–Crippen MR) is 89.1 cm³/mol. The van der Waals surface area contributed by atoms with Crippen molar-refractivity contribution in [1.82, 2.24) is 4.98 Å². The molecule has 0 saturated carbocycles. The molecule has 0 aliphatic heterocycles. The fourth-order valence-corrected chi connectivity index (χ4v) is 2.33. The number of hydrogen-bond acceptors (Lipinski definition) is 6. The SMILES string of the molecule is CCOC(=O)C(C)(Oc1ccc(Cl)c2cccnc12)C(=O)OCC. The van der Waals surface area contributed by atoms with Crippen LogP contribution in [-0.4, -0.2) is 35.7 Å². The second kappa shape index (κ2) is 7.49. The van der Waals surface area contributed by atoms with E-state index in [1.165, 1.54) is 6.92 Å². The van der Waals surface area contributed by atoms with Gasteiger partial charge in [0, 0.05) is 11.6 Å². The van der Waals surface area contributed by atoms with Gasteiger partial charge in [0.05, 0.1) is 18.2 Å². The molecular weight excluding hydrogens is 334 g/mol. The highest BCUT2D eigenvalue weighted by molar-refractivity contribution is 6.35. The van der Waals surface area contributed by atoms with Crippen LogP contribution in [0, 0.1) is 0 Å². The van der Waals surface area contributed by atoms with Gasteiger partial charge in [0.25, 0.3) is 5.60 Å². The summed E-state index contributed by atoms with van der Waals surface area (Å²) >= 11 is 6.15. The van der Waals surface area contributed by atoms with Gasteiger partial charge in [-0.3, -0.25) is 4.98 Å². The molecule has 128 valence electrons. The minimum absolute atomic E-state index is 0.108. The standard InChI is InChI=1S/C17H18ClNO5/c1-4-22-15(20)17(3,16(21)23-5-2)24-13-9-8-12(18)11-7-6-10-19-14(11)13/h6-10H,4-5H2,1-3H3. The molecule has 0 fully saturated rings. The summed E-state index contributed by atoms with van der Waals surface area (Å²) in [7, 11) is 0. The van der Waals surface area contributed by atoms with Crippen LogP contribution in [-0.2, 0) is 19.1 Å². The molecule has 0 N–H and O–H groups in total. The molecule has 1 aromatic heterocycles. The highest BCUT2D eigenvalue weighted by Gasteiger charge is 2.47. The van der Waals surface area contributed by atoms with E-state index in [2.05, 4.69) is 4.98 Å². The number of rotatable bonds is 6. The molecule has 0 unspecified atom stereocenters. The van der Waals surface area contributed by atoms with Crippen molar-refractivity contribution in [1.29, 1.82) is 0 Å². The largest absolute Gasteiger partial charge is 0.463 e. The number of pyridine rings is 1. The van der Waals surface area contributed by atoms with E-state index in [0.29, 0.717) is 15.9 Å². The second-order valence-corrected chi connectivity index (χ2v) is 5.43. The molecule has 0 aliphatic rings. The summed E-state index contributed by atoms with van der Waals surface area (Å²) in [6, 6.07) is 6.66. The normalized spacial score (nSPS) is 11.2. The number of ether oxygens (including phenoxy) is 3. The van der Waals surface area contributed by atoms with Crippen molar-refractivity contribution in [3.05, 3.63) is 35.5 Å². The third-order valence-electron chi connectivity index (χ3n) is 3.32. The lowest BCUT2D eigenvalue weighted by molar-refractivity contribution is -0.177. The van der Waals surface area contributed by atoms with Gasteiger partial charge in [0.2, 0.25) is 0 Å². The molecule has 2 aromatic rings. The Morgan fingerprint density at radius 3 is 2.33 bits per heavy atom. The van der Waals surface area contributed by atoms with Crippen molar-refractivity contribution in [2.45, 2.75) is 26.4 Å². The Balaban J connectivity index is 2.49. The maximum absolute atomic E-state index is 12.3. The number of halogens is 1. The lowest BCUT2D eigenvalue weighted by Crippen LogP contribution is -2.51. The van der Waals surface area contributed by atoms with Crippen molar-refractivity contribution in [2.24, 2.45) is 0 Å². The summed E-state index contributed by atoms with van der Waals surface area (Å²) in [6.07, 6.45) is 1.57. The molecule has 0 atom stereocenters. The van der Waals surface area contributed by atoms with Crippen LogP contribution in [0.1, 0.15) is 20.8 Å². The Morgan fingerprint density at radius 2 is 1.75 bits per heavy atom. The Bertz CT molecular complexity index is 744. The summed E-state index contributed by atoms with van der Waals surface area (Å²) in [4.78, 5) is 28.8. The van der Waals surface area contributed by atoms with Crippen LogP contribution in [0.25, 0.3) is 10.9 Å². The molecule has 1 heterocycles. The minimum atomic E-state index is -1.94. The van der Waals surface area contributed by atoms with Crippen LogP contribution in [0.5, 0.6) is 5.75 Å². The van der Waals surface area contributed by atoms with Gasteiger partial charge < -0.3 is 14.2 Å². The van der Waals surface area contributed by atoms with E-state index in [1.54, 1.807) is 44.3 Å². The molecule has 1 aromatic carbocycles. The van der Waals surface area contributed by atoms with E-state index in [1.807, 2.05) is 0 Å². The zero-order chi connectivity index (χ0) is 17.7.